The number of aromatic nitrogens is 2. The zero-order valence-corrected chi connectivity index (χ0v) is 10.1. The van der Waals surface area contributed by atoms with Crippen LogP contribution in [-0.2, 0) is 13.0 Å². The van der Waals surface area contributed by atoms with Crippen LogP contribution in [0.4, 0.5) is 0 Å². The second kappa shape index (κ2) is 3.86. The molecule has 0 atom stereocenters. The van der Waals surface area contributed by atoms with Crippen LogP contribution < -0.4 is 10.6 Å². The zero-order valence-electron chi connectivity index (χ0n) is 10.1. The third-order valence-corrected chi connectivity index (χ3v) is 3.65. The zero-order chi connectivity index (χ0) is 11.1. The van der Waals surface area contributed by atoms with Gasteiger partial charge in [0.1, 0.15) is 0 Å². The van der Waals surface area contributed by atoms with E-state index in [4.69, 9.17) is 5.10 Å². The molecule has 0 aromatic carbocycles. The van der Waals surface area contributed by atoms with Crippen LogP contribution in [0.15, 0.2) is 0 Å². The normalized spacial score (nSPS) is 20.9. The van der Waals surface area contributed by atoms with Gasteiger partial charge >= 0.3 is 0 Å². The molecule has 2 aliphatic rings. The van der Waals surface area contributed by atoms with Crippen LogP contribution >= 0.6 is 0 Å². The summed E-state index contributed by atoms with van der Waals surface area (Å²) in [6.45, 7) is 8.73. The van der Waals surface area contributed by atoms with E-state index in [2.05, 4.69) is 29.2 Å². The number of nitrogens with zero attached hydrogens (tertiary/aromatic N) is 2. The van der Waals surface area contributed by atoms with Crippen molar-refractivity contribution in [1.82, 2.24) is 20.4 Å². The summed E-state index contributed by atoms with van der Waals surface area (Å²) in [6, 6.07) is 0.584. The molecule has 88 valence electrons. The standard InChI is InChI=1S/C12H20N4/c1-8(2)12-10-3-4-13-7-11(10)16(15-12)9-5-14-6-9/h8-9,13-14H,3-7H2,1-2H3. The molecule has 0 unspecified atom stereocenters. The van der Waals surface area contributed by atoms with E-state index in [1.165, 1.54) is 17.0 Å². The van der Waals surface area contributed by atoms with Crippen LogP contribution in [0.1, 0.15) is 42.8 Å². The highest BCUT2D eigenvalue weighted by molar-refractivity contribution is 5.31. The Morgan fingerprint density at radius 1 is 1.31 bits per heavy atom. The molecule has 1 fully saturated rings. The molecule has 0 amide bonds. The average molecular weight is 220 g/mol. The Labute approximate surface area is 96.4 Å². The van der Waals surface area contributed by atoms with Crippen LogP contribution in [0.5, 0.6) is 0 Å². The molecule has 2 aliphatic heterocycles. The molecule has 0 saturated carbocycles. The highest BCUT2D eigenvalue weighted by Crippen LogP contribution is 2.27. The van der Waals surface area contributed by atoms with Crippen molar-refractivity contribution in [1.29, 1.82) is 0 Å². The molecule has 3 heterocycles. The Bertz CT molecular complexity index is 390. The highest BCUT2D eigenvalue weighted by atomic mass is 15.4. The van der Waals surface area contributed by atoms with Gasteiger partial charge in [-0.15, -0.1) is 0 Å². The van der Waals surface area contributed by atoms with Gasteiger partial charge in [-0.1, -0.05) is 13.8 Å². The molecule has 0 bridgehead atoms. The third kappa shape index (κ3) is 1.48. The predicted octanol–water partition coefficient (Wildman–Crippen LogP) is 0.797. The van der Waals surface area contributed by atoms with E-state index in [0.717, 1.165) is 32.6 Å². The molecule has 0 radical (unpaired) electrons. The number of hydrogen-bond donors (Lipinski definition) is 2. The van der Waals surface area contributed by atoms with Crippen molar-refractivity contribution in [3.8, 4) is 0 Å². The quantitative estimate of drug-likeness (QED) is 0.774. The molecule has 16 heavy (non-hydrogen) atoms. The van der Waals surface area contributed by atoms with E-state index in [0.29, 0.717) is 12.0 Å². The lowest BCUT2D eigenvalue weighted by Crippen LogP contribution is -2.45. The molecule has 1 aromatic rings. The summed E-state index contributed by atoms with van der Waals surface area (Å²) in [6.07, 6.45) is 1.14. The smallest absolute Gasteiger partial charge is 0.0771 e. The van der Waals surface area contributed by atoms with E-state index in [1.54, 1.807) is 0 Å². The lowest BCUT2D eigenvalue weighted by atomic mass is 9.99. The Morgan fingerprint density at radius 2 is 2.12 bits per heavy atom. The molecule has 1 aromatic heterocycles. The SMILES string of the molecule is CC(C)c1nn(C2CNC2)c2c1CCNC2. The molecule has 4 nitrogen and oxygen atoms in total. The minimum absolute atomic E-state index is 0.543. The summed E-state index contributed by atoms with van der Waals surface area (Å²) in [4.78, 5) is 0. The summed E-state index contributed by atoms with van der Waals surface area (Å²) in [7, 11) is 0. The maximum Gasteiger partial charge on any atom is 0.0771 e. The maximum absolute atomic E-state index is 4.85. The molecular weight excluding hydrogens is 200 g/mol. The number of hydrogen-bond acceptors (Lipinski definition) is 3. The van der Waals surface area contributed by atoms with Gasteiger partial charge in [0.05, 0.1) is 17.4 Å². The maximum atomic E-state index is 4.85. The van der Waals surface area contributed by atoms with Crippen molar-refractivity contribution < 1.29 is 0 Å². The first kappa shape index (κ1) is 10.3. The van der Waals surface area contributed by atoms with Crippen LogP contribution in [0, 0.1) is 0 Å². The minimum atomic E-state index is 0.543. The summed E-state index contributed by atoms with van der Waals surface area (Å²) in [5.74, 6) is 0.543. The van der Waals surface area contributed by atoms with E-state index in [1.807, 2.05) is 0 Å². The fraction of sp³-hybridized carbons (Fsp3) is 0.750. The Kier molecular flexibility index (Phi) is 2.48. The van der Waals surface area contributed by atoms with Gasteiger partial charge < -0.3 is 10.6 Å². The van der Waals surface area contributed by atoms with Crippen LogP contribution in [-0.4, -0.2) is 29.4 Å². The van der Waals surface area contributed by atoms with Crippen LogP contribution in [0.3, 0.4) is 0 Å². The van der Waals surface area contributed by atoms with Crippen molar-refractivity contribution >= 4 is 0 Å². The molecule has 3 rings (SSSR count). The van der Waals surface area contributed by atoms with E-state index >= 15 is 0 Å². The first-order valence-electron chi connectivity index (χ1n) is 6.29. The highest BCUT2D eigenvalue weighted by Gasteiger charge is 2.28. The van der Waals surface area contributed by atoms with Gasteiger partial charge in [-0.05, 0) is 24.4 Å². The molecule has 1 saturated heterocycles. The summed E-state index contributed by atoms with van der Waals surface area (Å²) >= 11 is 0. The Balaban J connectivity index is 2.03. The summed E-state index contributed by atoms with van der Waals surface area (Å²) < 4.78 is 2.27. The third-order valence-electron chi connectivity index (χ3n) is 3.65. The van der Waals surface area contributed by atoms with Crippen molar-refractivity contribution in [3.05, 3.63) is 17.0 Å². The fourth-order valence-corrected chi connectivity index (χ4v) is 2.62. The average Bonchev–Trinajstić information content (AvgIpc) is 2.56. The van der Waals surface area contributed by atoms with Crippen LogP contribution in [0.2, 0.25) is 0 Å². The summed E-state index contributed by atoms with van der Waals surface area (Å²) in [5.41, 5.74) is 4.27. The van der Waals surface area contributed by atoms with Crippen LogP contribution in [0.25, 0.3) is 0 Å². The molecule has 0 aliphatic carbocycles. The van der Waals surface area contributed by atoms with Gasteiger partial charge in [-0.3, -0.25) is 4.68 Å². The van der Waals surface area contributed by atoms with Crippen molar-refractivity contribution in [2.75, 3.05) is 19.6 Å². The Morgan fingerprint density at radius 3 is 2.75 bits per heavy atom. The lowest BCUT2D eigenvalue weighted by molar-refractivity contribution is 0.305. The lowest BCUT2D eigenvalue weighted by Gasteiger charge is -2.29. The van der Waals surface area contributed by atoms with E-state index < -0.39 is 0 Å². The molecule has 0 spiro atoms. The van der Waals surface area contributed by atoms with Gasteiger partial charge in [-0.2, -0.15) is 5.10 Å². The fourth-order valence-electron chi connectivity index (χ4n) is 2.62. The van der Waals surface area contributed by atoms with E-state index in [9.17, 15) is 0 Å². The van der Waals surface area contributed by atoms with Gasteiger partial charge in [0.2, 0.25) is 0 Å². The van der Waals surface area contributed by atoms with E-state index in [-0.39, 0.29) is 0 Å². The second-order valence-corrected chi connectivity index (χ2v) is 5.15. The first-order chi connectivity index (χ1) is 7.77. The topological polar surface area (TPSA) is 41.9 Å². The summed E-state index contributed by atoms with van der Waals surface area (Å²) in [5, 5.41) is 11.6. The van der Waals surface area contributed by atoms with Crippen molar-refractivity contribution in [3.63, 3.8) is 0 Å². The molecule has 2 N–H and O–H groups in total. The molecule has 4 heteroatoms. The predicted molar refractivity (Wildman–Crippen MR) is 63.6 cm³/mol. The van der Waals surface area contributed by atoms with Gasteiger partial charge in [0.15, 0.2) is 0 Å². The van der Waals surface area contributed by atoms with Crippen molar-refractivity contribution in [2.45, 2.75) is 38.8 Å². The largest absolute Gasteiger partial charge is 0.312 e. The number of nitrogens with one attached hydrogen (secondary N) is 2. The van der Waals surface area contributed by atoms with Crippen molar-refractivity contribution in [2.24, 2.45) is 0 Å². The number of fused-ring (bicyclic) bond motifs is 1. The molecular formula is C12H20N4. The monoisotopic (exact) mass is 220 g/mol. The first-order valence-corrected chi connectivity index (χ1v) is 6.29. The van der Waals surface area contributed by atoms with Gasteiger partial charge in [0, 0.05) is 19.6 Å². The Hall–Kier alpha value is -0.870. The van der Waals surface area contributed by atoms with Gasteiger partial charge in [-0.25, -0.2) is 0 Å². The van der Waals surface area contributed by atoms with Gasteiger partial charge in [0.25, 0.3) is 0 Å². The minimum Gasteiger partial charge on any atom is -0.312 e. The number of rotatable bonds is 2. The second-order valence-electron chi connectivity index (χ2n) is 5.15.